The van der Waals surface area contributed by atoms with Crippen LogP contribution < -0.4 is 5.32 Å². The number of aliphatic hydroxyl groups is 1. The molecule has 1 rings (SSSR count). The summed E-state index contributed by atoms with van der Waals surface area (Å²) in [4.78, 5) is 13.0. The van der Waals surface area contributed by atoms with E-state index in [4.69, 9.17) is 0 Å². The van der Waals surface area contributed by atoms with Crippen molar-refractivity contribution >= 4 is 5.91 Å². The zero-order valence-electron chi connectivity index (χ0n) is 12.2. The van der Waals surface area contributed by atoms with Gasteiger partial charge in [-0.1, -0.05) is 18.2 Å². The lowest BCUT2D eigenvalue weighted by atomic mass is 10.1. The first-order valence-electron chi connectivity index (χ1n) is 6.50. The Labute approximate surface area is 125 Å². The van der Waals surface area contributed by atoms with Gasteiger partial charge in [-0.05, 0) is 20.0 Å². The third-order valence-electron chi connectivity index (χ3n) is 3.05. The summed E-state index contributed by atoms with van der Waals surface area (Å²) in [6.45, 7) is -0.447. The maximum absolute atomic E-state index is 13.4. The molecule has 1 aromatic carbocycles. The first-order valence-corrected chi connectivity index (χ1v) is 6.50. The normalized spacial score (nSPS) is 14.7. The molecule has 4 nitrogen and oxygen atoms in total. The zero-order valence-corrected chi connectivity index (χ0v) is 12.2. The third-order valence-corrected chi connectivity index (χ3v) is 3.05. The van der Waals surface area contributed by atoms with Gasteiger partial charge in [-0.3, -0.25) is 9.69 Å². The van der Waals surface area contributed by atoms with Crippen LogP contribution in [0.4, 0.5) is 17.6 Å². The topological polar surface area (TPSA) is 52.6 Å². The fourth-order valence-electron chi connectivity index (χ4n) is 1.65. The van der Waals surface area contributed by atoms with Gasteiger partial charge < -0.3 is 10.4 Å². The molecule has 0 spiro atoms. The van der Waals surface area contributed by atoms with Crippen LogP contribution in [0.15, 0.2) is 24.3 Å². The average Bonchev–Trinajstić information content (AvgIpc) is 2.38. The molecular formula is C14H18F4N2O2. The highest BCUT2D eigenvalue weighted by molar-refractivity contribution is 5.78. The lowest BCUT2D eigenvalue weighted by Crippen LogP contribution is -2.52. The van der Waals surface area contributed by atoms with Crippen LogP contribution in [0.3, 0.4) is 0 Å². The molecule has 0 radical (unpaired) electrons. The molecule has 8 heteroatoms. The van der Waals surface area contributed by atoms with E-state index in [9.17, 15) is 27.5 Å². The number of amides is 1. The SMILES string of the molecule is CN(CC(=O)NCC(C)(O)C(F)(F)F)Cc1ccccc1F. The Bertz CT molecular complexity index is 518. The van der Waals surface area contributed by atoms with Crippen molar-refractivity contribution in [1.29, 1.82) is 0 Å². The number of carbonyl (C=O) groups is 1. The molecule has 22 heavy (non-hydrogen) atoms. The highest BCUT2D eigenvalue weighted by Crippen LogP contribution is 2.29. The van der Waals surface area contributed by atoms with Gasteiger partial charge in [0.05, 0.1) is 13.1 Å². The third kappa shape index (κ3) is 5.27. The van der Waals surface area contributed by atoms with Crippen molar-refractivity contribution in [1.82, 2.24) is 10.2 Å². The largest absolute Gasteiger partial charge is 0.418 e. The molecule has 0 aromatic heterocycles. The predicted octanol–water partition coefficient (Wildman–Crippen LogP) is 1.69. The summed E-state index contributed by atoms with van der Waals surface area (Å²) in [6.07, 6.45) is -4.83. The predicted molar refractivity (Wildman–Crippen MR) is 72.4 cm³/mol. The van der Waals surface area contributed by atoms with Gasteiger partial charge in [0.1, 0.15) is 5.82 Å². The lowest BCUT2D eigenvalue weighted by molar-refractivity contribution is -0.250. The molecule has 124 valence electrons. The monoisotopic (exact) mass is 322 g/mol. The summed E-state index contributed by atoms with van der Waals surface area (Å²) in [5, 5.41) is 11.2. The van der Waals surface area contributed by atoms with E-state index in [1.54, 1.807) is 12.1 Å². The van der Waals surface area contributed by atoms with E-state index in [0.717, 1.165) is 0 Å². The minimum atomic E-state index is -4.83. The van der Waals surface area contributed by atoms with Crippen molar-refractivity contribution < 1.29 is 27.5 Å². The number of alkyl halides is 3. The van der Waals surface area contributed by atoms with Crippen LogP contribution in [-0.4, -0.2) is 47.8 Å². The van der Waals surface area contributed by atoms with Crippen molar-refractivity contribution in [2.24, 2.45) is 0 Å². The maximum atomic E-state index is 13.4. The Morgan fingerprint density at radius 2 is 1.91 bits per heavy atom. The van der Waals surface area contributed by atoms with E-state index in [1.807, 2.05) is 5.32 Å². The van der Waals surface area contributed by atoms with Crippen LogP contribution in [0.25, 0.3) is 0 Å². The molecule has 0 heterocycles. The minimum absolute atomic E-state index is 0.135. The van der Waals surface area contributed by atoms with Gasteiger partial charge in [0.15, 0.2) is 5.60 Å². The Balaban J connectivity index is 2.47. The zero-order chi connectivity index (χ0) is 17.0. The number of nitrogens with one attached hydrogen (secondary N) is 1. The number of likely N-dealkylation sites (N-methyl/N-ethyl adjacent to an activating group) is 1. The first-order chi connectivity index (χ1) is 10.0. The molecule has 0 saturated heterocycles. The Kier molecular flexibility index (Phi) is 5.90. The van der Waals surface area contributed by atoms with Gasteiger partial charge in [0.2, 0.25) is 5.91 Å². The van der Waals surface area contributed by atoms with Crippen molar-refractivity contribution in [3.05, 3.63) is 35.6 Å². The second-order valence-electron chi connectivity index (χ2n) is 5.31. The quantitative estimate of drug-likeness (QED) is 0.784. The molecule has 0 saturated carbocycles. The molecule has 0 aliphatic carbocycles. The number of hydrogen-bond donors (Lipinski definition) is 2. The second kappa shape index (κ2) is 7.06. The number of carbonyl (C=O) groups excluding carboxylic acids is 1. The second-order valence-corrected chi connectivity index (χ2v) is 5.31. The number of halogens is 4. The number of nitrogens with zero attached hydrogens (tertiary/aromatic N) is 1. The number of hydrogen-bond acceptors (Lipinski definition) is 3. The van der Waals surface area contributed by atoms with Crippen molar-refractivity contribution in [3.63, 3.8) is 0 Å². The smallest absolute Gasteiger partial charge is 0.379 e. The molecule has 0 aliphatic heterocycles. The Morgan fingerprint density at radius 3 is 2.45 bits per heavy atom. The highest BCUT2D eigenvalue weighted by atomic mass is 19.4. The fourth-order valence-corrected chi connectivity index (χ4v) is 1.65. The van der Waals surface area contributed by atoms with Crippen molar-refractivity contribution in [2.45, 2.75) is 25.2 Å². The average molecular weight is 322 g/mol. The van der Waals surface area contributed by atoms with E-state index in [0.29, 0.717) is 12.5 Å². The van der Waals surface area contributed by atoms with Crippen LogP contribution in [0.2, 0.25) is 0 Å². The summed E-state index contributed by atoms with van der Waals surface area (Å²) < 4.78 is 50.7. The van der Waals surface area contributed by atoms with E-state index >= 15 is 0 Å². The summed E-state index contributed by atoms with van der Waals surface area (Å²) in [5.41, 5.74) is -2.62. The maximum Gasteiger partial charge on any atom is 0.418 e. The number of benzene rings is 1. The molecule has 1 atom stereocenters. The molecule has 1 unspecified atom stereocenters. The summed E-state index contributed by atoms with van der Waals surface area (Å²) in [6, 6.07) is 6.01. The van der Waals surface area contributed by atoms with E-state index in [2.05, 4.69) is 0 Å². The van der Waals surface area contributed by atoms with Gasteiger partial charge in [-0.25, -0.2) is 4.39 Å². The van der Waals surface area contributed by atoms with Crippen LogP contribution >= 0.6 is 0 Å². The lowest BCUT2D eigenvalue weighted by Gasteiger charge is -2.26. The van der Waals surface area contributed by atoms with Gasteiger partial charge in [0, 0.05) is 12.1 Å². The Morgan fingerprint density at radius 1 is 1.32 bits per heavy atom. The molecule has 1 aromatic rings. The van der Waals surface area contributed by atoms with Gasteiger partial charge >= 0.3 is 6.18 Å². The van der Waals surface area contributed by atoms with Gasteiger partial charge in [0.25, 0.3) is 0 Å². The van der Waals surface area contributed by atoms with Crippen LogP contribution in [0, 0.1) is 5.82 Å². The summed E-state index contributed by atoms with van der Waals surface area (Å²) >= 11 is 0. The fraction of sp³-hybridized carbons (Fsp3) is 0.500. The number of rotatable bonds is 6. The summed E-state index contributed by atoms with van der Waals surface area (Å²) in [5.74, 6) is -1.11. The van der Waals surface area contributed by atoms with Crippen LogP contribution in [-0.2, 0) is 11.3 Å². The molecule has 0 fully saturated rings. The minimum Gasteiger partial charge on any atom is -0.379 e. The van der Waals surface area contributed by atoms with Crippen molar-refractivity contribution in [3.8, 4) is 0 Å². The van der Waals surface area contributed by atoms with E-state index < -0.39 is 30.0 Å². The highest BCUT2D eigenvalue weighted by Gasteiger charge is 2.49. The molecule has 0 bridgehead atoms. The van der Waals surface area contributed by atoms with Gasteiger partial charge in [-0.2, -0.15) is 13.2 Å². The van der Waals surface area contributed by atoms with E-state index in [1.165, 1.54) is 24.1 Å². The molecular weight excluding hydrogens is 304 g/mol. The molecule has 1 amide bonds. The molecule has 2 N–H and O–H groups in total. The van der Waals surface area contributed by atoms with E-state index in [-0.39, 0.29) is 13.1 Å². The Hall–Kier alpha value is -1.67. The van der Waals surface area contributed by atoms with Crippen LogP contribution in [0.1, 0.15) is 12.5 Å². The van der Waals surface area contributed by atoms with Crippen LogP contribution in [0.5, 0.6) is 0 Å². The first kappa shape index (κ1) is 18.4. The standard InChI is InChI=1S/C14H18F4N2O2/c1-13(22,14(16,17)18)9-19-12(21)8-20(2)7-10-5-3-4-6-11(10)15/h3-6,22H,7-9H2,1-2H3,(H,19,21). The van der Waals surface area contributed by atoms with Gasteiger partial charge in [-0.15, -0.1) is 0 Å². The molecule has 0 aliphatic rings. The van der Waals surface area contributed by atoms with Crippen molar-refractivity contribution in [2.75, 3.05) is 20.1 Å². The summed E-state index contributed by atoms with van der Waals surface area (Å²) in [7, 11) is 1.54.